The number of rotatable bonds is 5. The number of aryl methyl sites for hydroxylation is 1. The molecule has 4 rings (SSSR count). The smallest absolute Gasteiger partial charge is 0.257 e. The number of hydrogen-bond donors (Lipinski definition) is 0. The van der Waals surface area contributed by atoms with Crippen molar-refractivity contribution in [3.05, 3.63) is 59.5 Å². The fourth-order valence-corrected chi connectivity index (χ4v) is 3.27. The molecule has 2 aromatic heterocycles. The summed E-state index contributed by atoms with van der Waals surface area (Å²) in [6.07, 6.45) is 1.70. The number of aromatic nitrogens is 5. The van der Waals surface area contributed by atoms with Crippen LogP contribution in [0.3, 0.4) is 0 Å². The maximum atomic E-state index is 5.99. The third-order valence-corrected chi connectivity index (χ3v) is 4.41. The van der Waals surface area contributed by atoms with Gasteiger partial charge in [0.05, 0.1) is 24.5 Å². The van der Waals surface area contributed by atoms with E-state index in [0.717, 1.165) is 18.8 Å². The van der Waals surface area contributed by atoms with E-state index >= 15 is 0 Å². The maximum Gasteiger partial charge on any atom is 0.257 e. The molecule has 3 heterocycles. The van der Waals surface area contributed by atoms with Crippen LogP contribution in [0.15, 0.2) is 41.1 Å². The molecule has 0 radical (unpaired) electrons. The van der Waals surface area contributed by atoms with Crippen molar-refractivity contribution in [3.8, 4) is 0 Å². The zero-order valence-corrected chi connectivity index (χ0v) is 14.9. The normalized spacial score (nSPS) is 21.2. The Balaban J connectivity index is 1.46. The monoisotopic (exact) mass is 354 g/mol. The minimum atomic E-state index is -0.210. The van der Waals surface area contributed by atoms with E-state index in [0.29, 0.717) is 24.8 Å². The van der Waals surface area contributed by atoms with Crippen LogP contribution in [-0.2, 0) is 17.8 Å². The summed E-state index contributed by atoms with van der Waals surface area (Å²) in [6.45, 7) is 6.86. The van der Waals surface area contributed by atoms with E-state index in [4.69, 9.17) is 9.26 Å². The molecule has 2 atom stereocenters. The first-order valence-corrected chi connectivity index (χ1v) is 8.76. The van der Waals surface area contributed by atoms with Gasteiger partial charge in [-0.2, -0.15) is 4.98 Å². The first kappa shape index (κ1) is 16.9. The molecular weight excluding hydrogens is 332 g/mol. The Hall–Kier alpha value is -2.58. The number of morpholine rings is 1. The van der Waals surface area contributed by atoms with Crippen molar-refractivity contribution in [2.75, 3.05) is 13.1 Å². The first-order chi connectivity index (χ1) is 12.7. The second kappa shape index (κ2) is 7.35. The van der Waals surface area contributed by atoms with Crippen LogP contribution < -0.4 is 0 Å². The number of ether oxygens (including phenoxy) is 1. The van der Waals surface area contributed by atoms with Crippen LogP contribution in [0.5, 0.6) is 0 Å². The van der Waals surface area contributed by atoms with Crippen molar-refractivity contribution in [1.29, 1.82) is 0 Å². The van der Waals surface area contributed by atoms with Gasteiger partial charge in [-0.15, -0.1) is 5.10 Å². The first-order valence-electron chi connectivity index (χ1n) is 8.76. The van der Waals surface area contributed by atoms with Crippen molar-refractivity contribution in [2.24, 2.45) is 0 Å². The predicted octanol–water partition coefficient (Wildman–Crippen LogP) is 1.98. The molecule has 1 aliphatic heterocycles. The van der Waals surface area contributed by atoms with Gasteiger partial charge in [-0.05, 0) is 19.4 Å². The van der Waals surface area contributed by atoms with E-state index in [1.54, 1.807) is 0 Å². The lowest BCUT2D eigenvalue weighted by Gasteiger charge is -2.35. The Morgan fingerprint density at radius 3 is 2.77 bits per heavy atom. The molecule has 0 spiro atoms. The summed E-state index contributed by atoms with van der Waals surface area (Å²) in [4.78, 5) is 6.63. The molecule has 0 unspecified atom stereocenters. The number of nitrogens with zero attached hydrogens (tertiary/aromatic N) is 6. The summed E-state index contributed by atoms with van der Waals surface area (Å²) >= 11 is 0. The van der Waals surface area contributed by atoms with Crippen molar-refractivity contribution >= 4 is 0 Å². The highest BCUT2D eigenvalue weighted by atomic mass is 16.5. The standard InChI is InChI=1S/C18H22N6O2/c1-13-9-23(12-17(25-13)18-20-14(2)21-26-18)11-16-8-19-22-24(16)10-15-6-4-3-5-7-15/h3-8,13,17H,9-12H2,1-2H3/t13-,17-/m1/s1. The zero-order chi connectivity index (χ0) is 17.9. The van der Waals surface area contributed by atoms with Gasteiger partial charge in [0, 0.05) is 19.6 Å². The lowest BCUT2D eigenvalue weighted by atomic mass is 10.2. The molecule has 26 heavy (non-hydrogen) atoms. The highest BCUT2D eigenvalue weighted by molar-refractivity contribution is 5.15. The molecule has 3 aromatic rings. The van der Waals surface area contributed by atoms with E-state index in [1.807, 2.05) is 36.0 Å². The van der Waals surface area contributed by atoms with Crippen molar-refractivity contribution < 1.29 is 9.26 Å². The van der Waals surface area contributed by atoms with Crippen LogP contribution in [0, 0.1) is 6.92 Å². The molecular formula is C18H22N6O2. The molecule has 0 amide bonds. The summed E-state index contributed by atoms with van der Waals surface area (Å²) in [7, 11) is 0. The minimum Gasteiger partial charge on any atom is -0.363 e. The van der Waals surface area contributed by atoms with Gasteiger partial charge in [0.15, 0.2) is 5.82 Å². The zero-order valence-electron chi connectivity index (χ0n) is 14.9. The summed E-state index contributed by atoms with van der Waals surface area (Å²) in [6, 6.07) is 10.3. The van der Waals surface area contributed by atoms with Crippen LogP contribution in [0.25, 0.3) is 0 Å². The molecule has 1 aromatic carbocycles. The van der Waals surface area contributed by atoms with E-state index in [2.05, 4.69) is 44.4 Å². The largest absolute Gasteiger partial charge is 0.363 e. The van der Waals surface area contributed by atoms with Crippen molar-refractivity contribution in [3.63, 3.8) is 0 Å². The Kier molecular flexibility index (Phi) is 4.77. The molecule has 1 aliphatic rings. The van der Waals surface area contributed by atoms with Crippen LogP contribution in [0.4, 0.5) is 0 Å². The molecule has 136 valence electrons. The van der Waals surface area contributed by atoms with Gasteiger partial charge in [0.25, 0.3) is 5.89 Å². The Morgan fingerprint density at radius 1 is 1.15 bits per heavy atom. The van der Waals surface area contributed by atoms with E-state index < -0.39 is 0 Å². The van der Waals surface area contributed by atoms with Gasteiger partial charge in [-0.25, -0.2) is 4.68 Å². The van der Waals surface area contributed by atoms with Gasteiger partial charge in [0.2, 0.25) is 0 Å². The molecule has 0 bridgehead atoms. The van der Waals surface area contributed by atoms with Crippen LogP contribution in [-0.4, -0.2) is 49.2 Å². The molecule has 0 saturated carbocycles. The van der Waals surface area contributed by atoms with E-state index in [-0.39, 0.29) is 12.2 Å². The predicted molar refractivity (Wildman–Crippen MR) is 93.2 cm³/mol. The molecule has 0 aliphatic carbocycles. The fraction of sp³-hybridized carbons (Fsp3) is 0.444. The van der Waals surface area contributed by atoms with Crippen molar-refractivity contribution in [1.82, 2.24) is 30.0 Å². The lowest BCUT2D eigenvalue weighted by molar-refractivity contribution is -0.0935. The van der Waals surface area contributed by atoms with Crippen molar-refractivity contribution in [2.45, 2.75) is 39.1 Å². The number of benzene rings is 1. The quantitative estimate of drug-likeness (QED) is 0.693. The molecule has 1 fully saturated rings. The SMILES string of the molecule is Cc1noc([C@H]2CN(Cc3cnnn3Cc3ccccc3)C[C@@H](C)O2)n1. The Bertz CT molecular complexity index is 846. The lowest BCUT2D eigenvalue weighted by Crippen LogP contribution is -2.42. The second-order valence-corrected chi connectivity index (χ2v) is 6.68. The van der Waals surface area contributed by atoms with Gasteiger partial charge >= 0.3 is 0 Å². The summed E-state index contributed by atoms with van der Waals surface area (Å²) in [5, 5.41) is 12.2. The molecule has 8 heteroatoms. The fourth-order valence-electron chi connectivity index (χ4n) is 3.27. The summed E-state index contributed by atoms with van der Waals surface area (Å²) < 4.78 is 13.2. The Labute approximate surface area is 151 Å². The van der Waals surface area contributed by atoms with E-state index in [9.17, 15) is 0 Å². The summed E-state index contributed by atoms with van der Waals surface area (Å²) in [5.41, 5.74) is 2.28. The highest BCUT2D eigenvalue weighted by Gasteiger charge is 2.30. The van der Waals surface area contributed by atoms with Gasteiger partial charge in [-0.3, -0.25) is 4.90 Å². The third kappa shape index (κ3) is 3.81. The van der Waals surface area contributed by atoms with Crippen LogP contribution in [0.1, 0.15) is 36.0 Å². The van der Waals surface area contributed by atoms with Gasteiger partial charge < -0.3 is 9.26 Å². The maximum absolute atomic E-state index is 5.99. The average Bonchev–Trinajstić information content (AvgIpc) is 3.25. The molecule has 8 nitrogen and oxygen atoms in total. The van der Waals surface area contributed by atoms with Crippen LogP contribution in [0.2, 0.25) is 0 Å². The van der Waals surface area contributed by atoms with E-state index in [1.165, 1.54) is 5.56 Å². The van der Waals surface area contributed by atoms with Gasteiger partial charge in [0.1, 0.15) is 6.10 Å². The molecule has 0 N–H and O–H groups in total. The number of hydrogen-bond acceptors (Lipinski definition) is 7. The second-order valence-electron chi connectivity index (χ2n) is 6.68. The topological polar surface area (TPSA) is 82.1 Å². The third-order valence-electron chi connectivity index (χ3n) is 4.41. The van der Waals surface area contributed by atoms with Crippen LogP contribution >= 0.6 is 0 Å². The molecule has 1 saturated heterocycles. The Morgan fingerprint density at radius 2 is 2.00 bits per heavy atom. The highest BCUT2D eigenvalue weighted by Crippen LogP contribution is 2.25. The summed E-state index contributed by atoms with van der Waals surface area (Å²) in [5.74, 6) is 1.16. The average molecular weight is 354 g/mol. The van der Waals surface area contributed by atoms with Gasteiger partial charge in [-0.1, -0.05) is 40.7 Å². The minimum absolute atomic E-state index is 0.0828.